The van der Waals surface area contributed by atoms with Crippen molar-refractivity contribution in [3.05, 3.63) is 65.1 Å². The standard InChI is InChI=1S/C17H17ClN4O3S/c1-21(2)26(24,25)15-5-3-12(4-6-15)17(23)19-10-14-11-22-8-7-13(18)9-16(22)20-14/h3-9,11H,10H2,1-2H3,(H,19,23). The summed E-state index contributed by atoms with van der Waals surface area (Å²) in [5, 5.41) is 3.35. The number of nitrogens with zero attached hydrogens (tertiary/aromatic N) is 3. The van der Waals surface area contributed by atoms with Crippen LogP contribution in [0.15, 0.2) is 53.7 Å². The number of hydrogen-bond acceptors (Lipinski definition) is 4. The SMILES string of the molecule is CN(C)S(=O)(=O)c1ccc(C(=O)NCc2cn3ccc(Cl)cc3n2)cc1. The molecule has 2 aromatic heterocycles. The molecule has 0 fully saturated rings. The van der Waals surface area contributed by atoms with Crippen molar-refractivity contribution in [1.82, 2.24) is 19.0 Å². The maximum absolute atomic E-state index is 12.3. The van der Waals surface area contributed by atoms with Crippen LogP contribution in [-0.4, -0.2) is 42.1 Å². The van der Waals surface area contributed by atoms with Crippen LogP contribution in [0.1, 0.15) is 16.1 Å². The number of imidazole rings is 1. The zero-order valence-corrected chi connectivity index (χ0v) is 15.8. The summed E-state index contributed by atoms with van der Waals surface area (Å²) < 4.78 is 27.0. The third-order valence-corrected chi connectivity index (χ3v) is 5.86. The lowest BCUT2D eigenvalue weighted by Gasteiger charge is -2.11. The molecule has 0 spiro atoms. The summed E-state index contributed by atoms with van der Waals surface area (Å²) in [4.78, 5) is 16.8. The first-order valence-corrected chi connectivity index (χ1v) is 9.53. The molecule has 0 bridgehead atoms. The number of sulfonamides is 1. The van der Waals surface area contributed by atoms with Crippen molar-refractivity contribution in [2.45, 2.75) is 11.4 Å². The summed E-state index contributed by atoms with van der Waals surface area (Å²) in [5.74, 6) is -0.311. The molecule has 1 N–H and O–H groups in total. The second kappa shape index (κ2) is 7.06. The normalized spacial score (nSPS) is 11.8. The first kappa shape index (κ1) is 18.4. The van der Waals surface area contributed by atoms with Crippen molar-refractivity contribution in [2.24, 2.45) is 0 Å². The number of carbonyl (C=O) groups is 1. The predicted molar refractivity (Wildman–Crippen MR) is 98.7 cm³/mol. The Labute approximate surface area is 156 Å². The molecular formula is C17H17ClN4O3S. The van der Waals surface area contributed by atoms with Crippen LogP contribution < -0.4 is 5.32 Å². The smallest absolute Gasteiger partial charge is 0.251 e. The number of benzene rings is 1. The van der Waals surface area contributed by atoms with Crippen LogP contribution in [0, 0.1) is 0 Å². The van der Waals surface area contributed by atoms with Crippen LogP contribution in [0.4, 0.5) is 0 Å². The molecule has 0 saturated carbocycles. The first-order valence-electron chi connectivity index (χ1n) is 7.71. The molecular weight excluding hydrogens is 376 g/mol. The van der Waals surface area contributed by atoms with Gasteiger partial charge >= 0.3 is 0 Å². The van der Waals surface area contributed by atoms with Crippen molar-refractivity contribution < 1.29 is 13.2 Å². The molecule has 0 unspecified atom stereocenters. The summed E-state index contributed by atoms with van der Waals surface area (Å²) in [5.41, 5.74) is 1.75. The highest BCUT2D eigenvalue weighted by atomic mass is 35.5. The first-order chi connectivity index (χ1) is 12.3. The highest BCUT2D eigenvalue weighted by Gasteiger charge is 2.17. The van der Waals surface area contributed by atoms with E-state index in [0.717, 1.165) is 4.31 Å². The lowest BCUT2D eigenvalue weighted by atomic mass is 10.2. The van der Waals surface area contributed by atoms with Gasteiger partial charge in [-0.1, -0.05) is 11.6 Å². The summed E-state index contributed by atoms with van der Waals surface area (Å²) in [6, 6.07) is 9.28. The van der Waals surface area contributed by atoms with E-state index < -0.39 is 10.0 Å². The Balaban J connectivity index is 1.69. The molecule has 9 heteroatoms. The van der Waals surface area contributed by atoms with Gasteiger partial charge in [0.1, 0.15) is 5.65 Å². The Morgan fingerprint density at radius 2 is 1.92 bits per heavy atom. The fourth-order valence-electron chi connectivity index (χ4n) is 2.36. The summed E-state index contributed by atoms with van der Waals surface area (Å²) in [6.45, 7) is 0.246. The number of hydrogen-bond donors (Lipinski definition) is 1. The monoisotopic (exact) mass is 392 g/mol. The fourth-order valence-corrected chi connectivity index (χ4v) is 3.41. The Morgan fingerprint density at radius 1 is 1.23 bits per heavy atom. The Kier molecular flexibility index (Phi) is 4.99. The second-order valence-corrected chi connectivity index (χ2v) is 8.43. The largest absolute Gasteiger partial charge is 0.346 e. The van der Waals surface area contributed by atoms with Crippen molar-refractivity contribution >= 4 is 33.2 Å². The zero-order chi connectivity index (χ0) is 18.9. The lowest BCUT2D eigenvalue weighted by Crippen LogP contribution is -2.24. The topological polar surface area (TPSA) is 83.8 Å². The van der Waals surface area contributed by atoms with Crippen LogP contribution in [0.5, 0.6) is 0 Å². The Morgan fingerprint density at radius 3 is 2.58 bits per heavy atom. The molecule has 7 nitrogen and oxygen atoms in total. The van der Waals surface area contributed by atoms with Gasteiger partial charge in [0.2, 0.25) is 10.0 Å². The molecule has 136 valence electrons. The molecule has 2 heterocycles. The number of carbonyl (C=O) groups excluding carboxylic acids is 1. The molecule has 1 aromatic carbocycles. The van der Waals surface area contributed by atoms with Gasteiger partial charge in [0.05, 0.1) is 17.1 Å². The maximum Gasteiger partial charge on any atom is 0.251 e. The Hall–Kier alpha value is -2.42. The molecule has 0 aliphatic carbocycles. The van der Waals surface area contributed by atoms with Crippen molar-refractivity contribution in [3.63, 3.8) is 0 Å². The summed E-state index contributed by atoms with van der Waals surface area (Å²) in [7, 11) is -0.602. The number of halogens is 1. The van der Waals surface area contributed by atoms with E-state index in [0.29, 0.717) is 21.9 Å². The number of fused-ring (bicyclic) bond motifs is 1. The summed E-state index contributed by atoms with van der Waals surface area (Å²) in [6.07, 6.45) is 3.60. The Bertz CT molecular complexity index is 1060. The van der Waals surface area contributed by atoms with E-state index in [1.807, 2.05) is 4.40 Å². The van der Waals surface area contributed by atoms with E-state index in [9.17, 15) is 13.2 Å². The molecule has 3 rings (SSSR count). The number of amides is 1. The number of nitrogens with one attached hydrogen (secondary N) is 1. The fraction of sp³-hybridized carbons (Fsp3) is 0.176. The van der Waals surface area contributed by atoms with Gasteiger partial charge in [-0.15, -0.1) is 0 Å². The van der Waals surface area contributed by atoms with Gasteiger partial charge in [0.15, 0.2) is 0 Å². The minimum absolute atomic E-state index is 0.135. The number of aromatic nitrogens is 2. The van der Waals surface area contributed by atoms with E-state index in [1.54, 1.807) is 24.5 Å². The minimum atomic E-state index is -3.51. The van der Waals surface area contributed by atoms with E-state index in [2.05, 4.69) is 10.3 Å². The molecule has 0 aliphatic heterocycles. The average Bonchev–Trinajstić information content (AvgIpc) is 3.01. The summed E-state index contributed by atoms with van der Waals surface area (Å²) >= 11 is 5.93. The number of pyridine rings is 1. The van der Waals surface area contributed by atoms with Crippen molar-refractivity contribution in [1.29, 1.82) is 0 Å². The third kappa shape index (κ3) is 3.72. The average molecular weight is 393 g/mol. The van der Waals surface area contributed by atoms with Crippen molar-refractivity contribution in [2.75, 3.05) is 14.1 Å². The van der Waals surface area contributed by atoms with Crippen LogP contribution in [0.3, 0.4) is 0 Å². The maximum atomic E-state index is 12.3. The van der Waals surface area contributed by atoms with E-state index >= 15 is 0 Å². The van der Waals surface area contributed by atoms with E-state index in [4.69, 9.17) is 11.6 Å². The van der Waals surface area contributed by atoms with Gasteiger partial charge in [-0.05, 0) is 36.4 Å². The van der Waals surface area contributed by atoms with Crippen LogP contribution in [-0.2, 0) is 16.6 Å². The van der Waals surface area contributed by atoms with E-state index in [1.165, 1.54) is 38.4 Å². The molecule has 3 aromatic rings. The van der Waals surface area contributed by atoms with Gasteiger partial charge < -0.3 is 9.72 Å². The van der Waals surface area contributed by atoms with Crippen LogP contribution in [0.2, 0.25) is 5.02 Å². The molecule has 0 atom stereocenters. The van der Waals surface area contributed by atoms with Gasteiger partial charge in [-0.3, -0.25) is 4.79 Å². The lowest BCUT2D eigenvalue weighted by molar-refractivity contribution is 0.0950. The number of rotatable bonds is 5. The highest BCUT2D eigenvalue weighted by molar-refractivity contribution is 7.89. The molecule has 0 aliphatic rings. The van der Waals surface area contributed by atoms with Crippen LogP contribution in [0.25, 0.3) is 5.65 Å². The van der Waals surface area contributed by atoms with Gasteiger partial charge in [-0.2, -0.15) is 0 Å². The predicted octanol–water partition coefficient (Wildman–Crippen LogP) is 2.17. The molecule has 0 radical (unpaired) electrons. The van der Waals surface area contributed by atoms with Gasteiger partial charge in [-0.25, -0.2) is 17.7 Å². The molecule has 0 saturated heterocycles. The van der Waals surface area contributed by atoms with Gasteiger partial charge in [0.25, 0.3) is 5.91 Å². The third-order valence-electron chi connectivity index (χ3n) is 3.80. The molecule has 26 heavy (non-hydrogen) atoms. The zero-order valence-electron chi connectivity index (χ0n) is 14.2. The molecule has 1 amide bonds. The second-order valence-electron chi connectivity index (χ2n) is 5.84. The van der Waals surface area contributed by atoms with Crippen LogP contribution >= 0.6 is 11.6 Å². The highest BCUT2D eigenvalue weighted by Crippen LogP contribution is 2.15. The minimum Gasteiger partial charge on any atom is -0.346 e. The van der Waals surface area contributed by atoms with Crippen molar-refractivity contribution in [3.8, 4) is 0 Å². The van der Waals surface area contributed by atoms with E-state index in [-0.39, 0.29) is 17.3 Å². The van der Waals surface area contributed by atoms with Gasteiger partial charge in [0, 0.05) is 37.1 Å². The quantitative estimate of drug-likeness (QED) is 0.721.